The number of carbonyl (C=O) groups excluding carboxylic acids is 1. The molecule has 4 nitrogen and oxygen atoms in total. The van der Waals surface area contributed by atoms with Crippen molar-refractivity contribution in [1.82, 2.24) is 4.31 Å². The minimum Gasteiger partial charge on any atom is -0.298 e. The van der Waals surface area contributed by atoms with Crippen LogP contribution >= 0.6 is 0 Å². The number of hydrogen-bond acceptors (Lipinski definition) is 3. The maximum absolute atomic E-state index is 13.1. The molecule has 5 heteroatoms. The fraction of sp³-hybridized carbons (Fsp3) is 0.611. The highest BCUT2D eigenvalue weighted by Crippen LogP contribution is 2.65. The number of carbonyl (C=O) groups is 1. The number of Topliss-reactive ketones (excluding diaryl/α,β-unsaturated/α-hetero) is 1. The summed E-state index contributed by atoms with van der Waals surface area (Å²) in [6, 6.07) is 9.49. The molecular formula is C18H25NO3S. The highest BCUT2D eigenvalue weighted by Gasteiger charge is 2.69. The molecule has 3 atom stereocenters. The molecule has 1 aromatic carbocycles. The lowest BCUT2D eigenvalue weighted by molar-refractivity contribution is -0.128. The summed E-state index contributed by atoms with van der Waals surface area (Å²) in [7, 11) is -2.06. The van der Waals surface area contributed by atoms with Crippen molar-refractivity contribution in [2.24, 2.45) is 16.7 Å². The normalized spacial score (nSPS) is 32.7. The summed E-state index contributed by atoms with van der Waals surface area (Å²) in [5, 5.41) is -0.884. The Labute approximate surface area is 138 Å². The van der Waals surface area contributed by atoms with Gasteiger partial charge in [-0.3, -0.25) is 4.79 Å². The first-order valence-corrected chi connectivity index (χ1v) is 9.66. The number of hydrogen-bond donors (Lipinski definition) is 0. The maximum Gasteiger partial charge on any atom is 0.224 e. The van der Waals surface area contributed by atoms with Gasteiger partial charge in [-0.25, -0.2) is 8.42 Å². The van der Waals surface area contributed by atoms with Crippen LogP contribution in [0.4, 0.5) is 0 Å². The zero-order valence-corrected chi connectivity index (χ0v) is 15.1. The quantitative estimate of drug-likeness (QED) is 0.850. The van der Waals surface area contributed by atoms with Gasteiger partial charge in [0.2, 0.25) is 10.0 Å². The summed E-state index contributed by atoms with van der Waals surface area (Å²) in [5.41, 5.74) is 0.165. The Morgan fingerprint density at radius 3 is 2.30 bits per heavy atom. The van der Waals surface area contributed by atoms with Crippen LogP contribution in [0.3, 0.4) is 0 Å². The lowest BCUT2D eigenvalue weighted by Gasteiger charge is -2.32. The van der Waals surface area contributed by atoms with Crippen molar-refractivity contribution >= 4 is 15.8 Å². The topological polar surface area (TPSA) is 54.5 Å². The molecule has 2 saturated carbocycles. The van der Waals surface area contributed by atoms with E-state index in [0.717, 1.165) is 18.4 Å². The first kappa shape index (κ1) is 16.7. The van der Waals surface area contributed by atoms with Crippen molar-refractivity contribution in [1.29, 1.82) is 0 Å². The SMILES string of the molecule is CN(Cc1ccccc1)S(=O)(=O)C1C(=O)C2(C)CCC1C2(C)C. The zero-order chi connectivity index (χ0) is 17.0. The predicted octanol–water partition coefficient (Wildman–Crippen LogP) is 2.84. The first-order valence-electron chi connectivity index (χ1n) is 8.16. The fourth-order valence-corrected chi connectivity index (χ4v) is 6.61. The average molecular weight is 335 g/mol. The molecule has 0 heterocycles. The summed E-state index contributed by atoms with van der Waals surface area (Å²) >= 11 is 0. The Hall–Kier alpha value is -1.20. The van der Waals surface area contributed by atoms with Gasteiger partial charge in [-0.2, -0.15) is 4.31 Å². The highest BCUT2D eigenvalue weighted by molar-refractivity contribution is 7.90. The van der Waals surface area contributed by atoms with Crippen LogP contribution < -0.4 is 0 Å². The Kier molecular flexibility index (Phi) is 3.73. The lowest BCUT2D eigenvalue weighted by Crippen LogP contribution is -2.45. The molecular weight excluding hydrogens is 310 g/mol. The fourth-order valence-electron chi connectivity index (χ4n) is 4.47. The molecule has 0 radical (unpaired) electrons. The van der Waals surface area contributed by atoms with Crippen LogP contribution in [0, 0.1) is 16.7 Å². The molecule has 3 unspecified atom stereocenters. The monoisotopic (exact) mass is 335 g/mol. The maximum atomic E-state index is 13.1. The van der Waals surface area contributed by atoms with E-state index in [4.69, 9.17) is 0 Å². The summed E-state index contributed by atoms with van der Waals surface area (Å²) in [6.07, 6.45) is 1.62. The van der Waals surface area contributed by atoms with Gasteiger partial charge in [0.05, 0.1) is 0 Å². The molecule has 1 aromatic rings. The molecule has 2 aliphatic rings. The molecule has 2 fully saturated rings. The molecule has 0 spiro atoms. The van der Waals surface area contributed by atoms with Crippen LogP contribution in [0.25, 0.3) is 0 Å². The van der Waals surface area contributed by atoms with E-state index < -0.39 is 20.7 Å². The molecule has 3 rings (SSSR count). The number of fused-ring (bicyclic) bond motifs is 2. The van der Waals surface area contributed by atoms with Gasteiger partial charge in [0.25, 0.3) is 0 Å². The van der Waals surface area contributed by atoms with Gasteiger partial charge in [-0.1, -0.05) is 51.1 Å². The molecule has 2 bridgehead atoms. The van der Waals surface area contributed by atoms with E-state index in [1.54, 1.807) is 7.05 Å². The Morgan fingerprint density at radius 1 is 1.17 bits per heavy atom. The van der Waals surface area contributed by atoms with Crippen LogP contribution in [-0.2, 0) is 21.4 Å². The third-order valence-corrected chi connectivity index (χ3v) is 8.66. The minimum atomic E-state index is -3.64. The molecule has 0 amide bonds. The number of nitrogens with zero attached hydrogens (tertiary/aromatic N) is 1. The van der Waals surface area contributed by atoms with Crippen LogP contribution in [0.1, 0.15) is 39.2 Å². The second-order valence-corrected chi connectivity index (χ2v) is 9.93. The number of rotatable bonds is 4. The van der Waals surface area contributed by atoms with Gasteiger partial charge in [-0.05, 0) is 29.7 Å². The largest absolute Gasteiger partial charge is 0.298 e. The van der Waals surface area contributed by atoms with Gasteiger partial charge >= 0.3 is 0 Å². The third-order valence-electron chi connectivity index (χ3n) is 6.48. The van der Waals surface area contributed by atoms with E-state index in [9.17, 15) is 13.2 Å². The summed E-state index contributed by atoms with van der Waals surface area (Å²) in [6.45, 7) is 6.35. The highest BCUT2D eigenvalue weighted by atomic mass is 32.2. The van der Waals surface area contributed by atoms with Crippen molar-refractivity contribution in [3.05, 3.63) is 35.9 Å². The second-order valence-electron chi connectivity index (χ2n) is 7.77. The summed E-state index contributed by atoms with van der Waals surface area (Å²) < 4.78 is 27.5. The molecule has 0 aliphatic heterocycles. The number of ketones is 1. The van der Waals surface area contributed by atoms with E-state index >= 15 is 0 Å². The minimum absolute atomic E-state index is 0.0803. The molecule has 0 saturated heterocycles. The summed E-state index contributed by atoms with van der Waals surface area (Å²) in [5.74, 6) is -0.165. The van der Waals surface area contributed by atoms with E-state index in [2.05, 4.69) is 13.8 Å². The van der Waals surface area contributed by atoms with Crippen LogP contribution in [0.2, 0.25) is 0 Å². The van der Waals surface area contributed by atoms with Crippen LogP contribution in [-0.4, -0.2) is 30.8 Å². The van der Waals surface area contributed by atoms with Gasteiger partial charge in [-0.15, -0.1) is 0 Å². The lowest BCUT2D eigenvalue weighted by atomic mass is 9.70. The van der Waals surface area contributed by atoms with Gasteiger partial charge in [0.15, 0.2) is 5.78 Å². The van der Waals surface area contributed by atoms with E-state index in [1.165, 1.54) is 4.31 Å². The van der Waals surface area contributed by atoms with E-state index in [1.807, 2.05) is 37.3 Å². The number of benzene rings is 1. The predicted molar refractivity (Wildman–Crippen MR) is 90.2 cm³/mol. The van der Waals surface area contributed by atoms with Crippen LogP contribution in [0.15, 0.2) is 30.3 Å². The average Bonchev–Trinajstić information content (AvgIpc) is 2.80. The standard InChI is InChI=1S/C18H25NO3S/c1-17(2)14-10-11-18(17,3)16(20)15(14)23(21,22)19(4)12-13-8-6-5-7-9-13/h5-9,14-15H,10-12H2,1-4H3. The molecule has 0 aromatic heterocycles. The third kappa shape index (κ3) is 2.20. The summed E-state index contributed by atoms with van der Waals surface area (Å²) in [4.78, 5) is 12.9. The molecule has 0 N–H and O–H groups in total. The van der Waals surface area contributed by atoms with Crippen molar-refractivity contribution in [3.63, 3.8) is 0 Å². The van der Waals surface area contributed by atoms with E-state index in [-0.39, 0.29) is 17.1 Å². The smallest absolute Gasteiger partial charge is 0.224 e. The van der Waals surface area contributed by atoms with Crippen molar-refractivity contribution < 1.29 is 13.2 Å². The molecule has 23 heavy (non-hydrogen) atoms. The first-order chi connectivity index (χ1) is 10.6. The van der Waals surface area contributed by atoms with Gasteiger partial charge in [0, 0.05) is 19.0 Å². The van der Waals surface area contributed by atoms with Crippen molar-refractivity contribution in [2.75, 3.05) is 7.05 Å². The van der Waals surface area contributed by atoms with Crippen LogP contribution in [0.5, 0.6) is 0 Å². The van der Waals surface area contributed by atoms with Gasteiger partial charge in [0.1, 0.15) is 5.25 Å². The number of sulfonamides is 1. The second kappa shape index (κ2) is 5.15. The van der Waals surface area contributed by atoms with Gasteiger partial charge < -0.3 is 0 Å². The van der Waals surface area contributed by atoms with Crippen molar-refractivity contribution in [2.45, 2.75) is 45.4 Å². The van der Waals surface area contributed by atoms with Crippen molar-refractivity contribution in [3.8, 4) is 0 Å². The molecule has 2 aliphatic carbocycles. The Bertz CT molecular complexity index is 726. The Balaban J connectivity index is 1.90. The molecule has 126 valence electrons. The Morgan fingerprint density at radius 2 is 1.78 bits per heavy atom. The van der Waals surface area contributed by atoms with E-state index in [0.29, 0.717) is 6.54 Å². The zero-order valence-electron chi connectivity index (χ0n) is 14.2.